The molecular weight excluding hydrogens is 385 g/mol. The molecule has 7 heteroatoms. The fourth-order valence-corrected chi connectivity index (χ4v) is 2.76. The summed E-state index contributed by atoms with van der Waals surface area (Å²) in [5.41, 5.74) is 3.18. The van der Waals surface area contributed by atoms with Gasteiger partial charge in [0.2, 0.25) is 5.82 Å². The number of aryl methyl sites for hydroxylation is 1. The number of hydrogen-bond acceptors (Lipinski definition) is 5. The minimum absolute atomic E-state index is 0.193. The summed E-state index contributed by atoms with van der Waals surface area (Å²) in [5, 5.41) is 6.67. The fourth-order valence-electron chi connectivity index (χ4n) is 2.76. The molecule has 3 aromatic carbocycles. The van der Waals surface area contributed by atoms with Crippen LogP contribution in [0.3, 0.4) is 0 Å². The number of carbonyl (C=O) groups excluding carboxylic acids is 1. The highest BCUT2D eigenvalue weighted by Crippen LogP contribution is 2.25. The largest absolute Gasteiger partial charge is 0.484 e. The zero-order valence-electron chi connectivity index (χ0n) is 16.1. The van der Waals surface area contributed by atoms with Gasteiger partial charge in [-0.1, -0.05) is 35.0 Å². The molecule has 0 aliphatic heterocycles. The Morgan fingerprint density at radius 1 is 1.03 bits per heavy atom. The topological polar surface area (TPSA) is 77.2 Å². The predicted octanol–water partition coefficient (Wildman–Crippen LogP) is 4.87. The quantitative estimate of drug-likeness (QED) is 0.497. The maximum atomic E-state index is 12.9. The highest BCUT2D eigenvalue weighted by atomic mass is 19.1. The van der Waals surface area contributed by atoms with Gasteiger partial charge in [-0.2, -0.15) is 4.98 Å². The molecule has 0 fully saturated rings. The summed E-state index contributed by atoms with van der Waals surface area (Å²) in [4.78, 5) is 16.5. The van der Waals surface area contributed by atoms with Crippen molar-refractivity contribution >= 4 is 11.6 Å². The lowest BCUT2D eigenvalue weighted by atomic mass is 10.1. The van der Waals surface area contributed by atoms with Gasteiger partial charge in [0.25, 0.3) is 11.8 Å². The van der Waals surface area contributed by atoms with Crippen molar-refractivity contribution in [3.8, 4) is 28.6 Å². The third-order valence-corrected chi connectivity index (χ3v) is 4.31. The highest BCUT2D eigenvalue weighted by Gasteiger charge is 2.12. The number of carbonyl (C=O) groups is 1. The average molecular weight is 403 g/mol. The number of rotatable bonds is 6. The number of nitrogens with zero attached hydrogens (tertiary/aromatic N) is 2. The molecule has 1 N–H and O–H groups in total. The number of ether oxygens (including phenoxy) is 1. The van der Waals surface area contributed by atoms with Crippen molar-refractivity contribution in [2.75, 3.05) is 11.9 Å². The summed E-state index contributed by atoms with van der Waals surface area (Å²) in [5.74, 6) is 0.617. The van der Waals surface area contributed by atoms with E-state index < -0.39 is 0 Å². The van der Waals surface area contributed by atoms with E-state index >= 15 is 0 Å². The van der Waals surface area contributed by atoms with Gasteiger partial charge in [0, 0.05) is 16.8 Å². The first-order valence-electron chi connectivity index (χ1n) is 9.26. The van der Waals surface area contributed by atoms with Crippen LogP contribution in [-0.2, 0) is 4.79 Å². The summed E-state index contributed by atoms with van der Waals surface area (Å²) in [6.45, 7) is 1.82. The lowest BCUT2D eigenvalue weighted by Crippen LogP contribution is -2.20. The van der Waals surface area contributed by atoms with Crippen LogP contribution in [0.25, 0.3) is 22.8 Å². The molecule has 1 amide bonds. The van der Waals surface area contributed by atoms with E-state index in [2.05, 4.69) is 15.5 Å². The van der Waals surface area contributed by atoms with Gasteiger partial charge in [-0.3, -0.25) is 4.79 Å². The molecule has 1 heterocycles. The number of anilines is 1. The monoisotopic (exact) mass is 403 g/mol. The normalized spacial score (nSPS) is 10.6. The maximum Gasteiger partial charge on any atom is 0.262 e. The van der Waals surface area contributed by atoms with Crippen LogP contribution in [0.5, 0.6) is 5.75 Å². The number of nitrogens with one attached hydrogen (secondary N) is 1. The Morgan fingerprint density at radius 2 is 1.80 bits per heavy atom. The third kappa shape index (κ3) is 4.70. The Balaban J connectivity index is 1.41. The molecule has 4 aromatic rings. The molecule has 0 aliphatic rings. The van der Waals surface area contributed by atoms with E-state index in [0.717, 1.165) is 11.1 Å². The third-order valence-electron chi connectivity index (χ3n) is 4.31. The van der Waals surface area contributed by atoms with Gasteiger partial charge in [0.15, 0.2) is 6.61 Å². The maximum absolute atomic E-state index is 12.9. The second kappa shape index (κ2) is 8.57. The van der Waals surface area contributed by atoms with Gasteiger partial charge in [0.05, 0.1) is 0 Å². The van der Waals surface area contributed by atoms with Gasteiger partial charge >= 0.3 is 0 Å². The van der Waals surface area contributed by atoms with Crippen molar-refractivity contribution in [2.45, 2.75) is 6.92 Å². The van der Waals surface area contributed by atoms with Crippen molar-refractivity contribution in [3.63, 3.8) is 0 Å². The fraction of sp³-hybridized carbons (Fsp3) is 0.0870. The lowest BCUT2D eigenvalue weighted by molar-refractivity contribution is -0.118. The second-order valence-corrected chi connectivity index (χ2v) is 6.66. The van der Waals surface area contributed by atoms with E-state index in [0.29, 0.717) is 28.7 Å². The Bertz CT molecular complexity index is 1160. The Kier molecular flexibility index (Phi) is 5.52. The van der Waals surface area contributed by atoms with Crippen LogP contribution in [0.15, 0.2) is 77.3 Å². The Hall–Kier alpha value is -4.00. The predicted molar refractivity (Wildman–Crippen MR) is 110 cm³/mol. The zero-order valence-corrected chi connectivity index (χ0v) is 16.1. The summed E-state index contributed by atoms with van der Waals surface area (Å²) in [6, 6.07) is 20.4. The molecule has 0 radical (unpaired) electrons. The van der Waals surface area contributed by atoms with Crippen molar-refractivity contribution in [3.05, 3.63) is 84.2 Å². The first-order valence-corrected chi connectivity index (χ1v) is 9.26. The van der Waals surface area contributed by atoms with Crippen LogP contribution in [0.2, 0.25) is 0 Å². The molecule has 0 aliphatic carbocycles. The van der Waals surface area contributed by atoms with E-state index in [9.17, 15) is 9.18 Å². The Morgan fingerprint density at radius 3 is 2.57 bits per heavy atom. The number of amides is 1. The molecule has 0 bridgehead atoms. The smallest absolute Gasteiger partial charge is 0.262 e. The van der Waals surface area contributed by atoms with Crippen molar-refractivity contribution in [2.24, 2.45) is 0 Å². The SMILES string of the molecule is Cc1ccc(-c2nc(-c3cccc(OCC(=O)Nc4ccc(F)cc4)c3)no2)cc1. The van der Waals surface area contributed by atoms with E-state index in [1.54, 1.807) is 18.2 Å². The van der Waals surface area contributed by atoms with Crippen molar-refractivity contribution < 1.29 is 18.4 Å². The number of halogens is 1. The van der Waals surface area contributed by atoms with Gasteiger partial charge in [-0.15, -0.1) is 0 Å². The Labute approximate surface area is 172 Å². The molecule has 6 nitrogen and oxygen atoms in total. The summed E-state index contributed by atoms with van der Waals surface area (Å²) >= 11 is 0. The molecular formula is C23H18FN3O3. The van der Waals surface area contributed by atoms with Crippen LogP contribution in [0.1, 0.15) is 5.56 Å². The standard InChI is InChI=1S/C23H18FN3O3/c1-15-5-7-16(8-6-15)23-26-22(27-30-23)17-3-2-4-20(13-17)29-14-21(28)25-19-11-9-18(24)10-12-19/h2-13H,14H2,1H3,(H,25,28). The second-order valence-electron chi connectivity index (χ2n) is 6.66. The molecule has 30 heavy (non-hydrogen) atoms. The molecule has 150 valence electrons. The molecule has 0 unspecified atom stereocenters. The van der Waals surface area contributed by atoms with Crippen molar-refractivity contribution in [1.82, 2.24) is 10.1 Å². The lowest BCUT2D eigenvalue weighted by Gasteiger charge is -2.08. The van der Waals surface area contributed by atoms with Gasteiger partial charge in [-0.25, -0.2) is 4.39 Å². The summed E-state index contributed by atoms with van der Waals surface area (Å²) in [6.07, 6.45) is 0. The first kappa shape index (κ1) is 19.3. The molecule has 0 saturated heterocycles. The van der Waals surface area contributed by atoms with E-state index in [4.69, 9.17) is 9.26 Å². The summed E-state index contributed by atoms with van der Waals surface area (Å²) < 4.78 is 23.9. The minimum Gasteiger partial charge on any atom is -0.484 e. The molecule has 0 spiro atoms. The molecule has 0 saturated carbocycles. The number of benzene rings is 3. The van der Waals surface area contributed by atoms with Gasteiger partial charge in [-0.05, 0) is 55.5 Å². The van der Waals surface area contributed by atoms with Gasteiger partial charge < -0.3 is 14.6 Å². The summed E-state index contributed by atoms with van der Waals surface area (Å²) in [7, 11) is 0. The van der Waals surface area contributed by atoms with Crippen LogP contribution in [-0.4, -0.2) is 22.7 Å². The zero-order chi connectivity index (χ0) is 20.9. The van der Waals surface area contributed by atoms with Crippen LogP contribution in [0.4, 0.5) is 10.1 Å². The van der Waals surface area contributed by atoms with Crippen LogP contribution < -0.4 is 10.1 Å². The highest BCUT2D eigenvalue weighted by molar-refractivity contribution is 5.91. The van der Waals surface area contributed by atoms with Crippen LogP contribution in [0, 0.1) is 12.7 Å². The van der Waals surface area contributed by atoms with Gasteiger partial charge in [0.1, 0.15) is 11.6 Å². The molecule has 1 aromatic heterocycles. The number of hydrogen-bond donors (Lipinski definition) is 1. The average Bonchev–Trinajstić information content (AvgIpc) is 3.25. The van der Waals surface area contributed by atoms with Crippen LogP contribution >= 0.6 is 0 Å². The van der Waals surface area contributed by atoms with E-state index in [-0.39, 0.29) is 18.3 Å². The van der Waals surface area contributed by atoms with Crippen molar-refractivity contribution in [1.29, 1.82) is 0 Å². The molecule has 0 atom stereocenters. The minimum atomic E-state index is -0.368. The van der Waals surface area contributed by atoms with E-state index in [1.165, 1.54) is 24.3 Å². The number of aromatic nitrogens is 2. The van der Waals surface area contributed by atoms with E-state index in [1.807, 2.05) is 37.3 Å². The molecule has 4 rings (SSSR count). The first-order chi connectivity index (χ1) is 14.6.